The van der Waals surface area contributed by atoms with Gasteiger partial charge < -0.3 is 0 Å². The van der Waals surface area contributed by atoms with Crippen molar-refractivity contribution in [3.05, 3.63) is 51.2 Å². The lowest BCUT2D eigenvalue weighted by Crippen LogP contribution is -2.26. The van der Waals surface area contributed by atoms with Gasteiger partial charge in [-0.25, -0.2) is 0 Å². The second kappa shape index (κ2) is 4.39. The third-order valence-electron chi connectivity index (χ3n) is 3.94. The summed E-state index contributed by atoms with van der Waals surface area (Å²) in [5, 5.41) is 7.69. The fourth-order valence-corrected chi connectivity index (χ4v) is 3.05. The van der Waals surface area contributed by atoms with Crippen LogP contribution in [0.5, 0.6) is 0 Å². The molecule has 2 aromatic rings. The number of rotatable bonds is 3. The van der Waals surface area contributed by atoms with Crippen molar-refractivity contribution >= 4 is 27.5 Å². The van der Waals surface area contributed by atoms with Gasteiger partial charge in [0.25, 0.3) is 0 Å². The molecule has 18 heavy (non-hydrogen) atoms. The van der Waals surface area contributed by atoms with Crippen molar-refractivity contribution in [2.75, 3.05) is 0 Å². The first-order valence-corrected chi connectivity index (χ1v) is 7.25. The molecule has 0 spiro atoms. The van der Waals surface area contributed by atoms with E-state index in [4.69, 9.17) is 11.6 Å². The molecule has 1 N–H and O–H groups in total. The van der Waals surface area contributed by atoms with Gasteiger partial charge >= 0.3 is 0 Å². The van der Waals surface area contributed by atoms with Crippen molar-refractivity contribution in [3.8, 4) is 0 Å². The Morgan fingerprint density at radius 3 is 2.50 bits per heavy atom. The Labute approximate surface area is 120 Å². The first-order valence-electron chi connectivity index (χ1n) is 6.08. The lowest BCUT2D eigenvalue weighted by atomic mass is 9.75. The van der Waals surface area contributed by atoms with Gasteiger partial charge in [0, 0.05) is 15.6 Å². The summed E-state index contributed by atoms with van der Waals surface area (Å²) in [7, 11) is 0. The molecular formula is C14H14BrClN2. The van der Waals surface area contributed by atoms with E-state index < -0.39 is 0 Å². The fourth-order valence-electron chi connectivity index (χ4n) is 2.63. The normalized spacial score (nSPS) is 18.6. The topological polar surface area (TPSA) is 28.7 Å². The fraction of sp³-hybridized carbons (Fsp3) is 0.357. The number of nitrogens with zero attached hydrogens (tertiary/aromatic N) is 1. The van der Waals surface area contributed by atoms with Gasteiger partial charge in [0.05, 0.1) is 0 Å². The van der Waals surface area contributed by atoms with E-state index in [0.29, 0.717) is 11.1 Å². The average Bonchev–Trinajstić information content (AvgIpc) is 3.12. The third kappa shape index (κ3) is 1.99. The maximum atomic E-state index is 5.95. The second-order valence-electron chi connectivity index (χ2n) is 5.09. The van der Waals surface area contributed by atoms with Crippen molar-refractivity contribution in [3.63, 3.8) is 0 Å². The van der Waals surface area contributed by atoms with E-state index in [9.17, 15) is 0 Å². The SMILES string of the molecule is CC(c1ccc(Br)cc1)(c1cc(Cl)n[nH]1)C1CC1. The zero-order chi connectivity index (χ0) is 12.8. The molecule has 1 heterocycles. The highest BCUT2D eigenvalue weighted by atomic mass is 79.9. The van der Waals surface area contributed by atoms with E-state index in [1.807, 2.05) is 6.07 Å². The highest BCUT2D eigenvalue weighted by Gasteiger charge is 2.45. The molecule has 1 aromatic heterocycles. The molecule has 0 aliphatic heterocycles. The molecule has 4 heteroatoms. The summed E-state index contributed by atoms with van der Waals surface area (Å²) in [5.41, 5.74) is 2.41. The summed E-state index contributed by atoms with van der Waals surface area (Å²) in [6.07, 6.45) is 2.53. The summed E-state index contributed by atoms with van der Waals surface area (Å²) >= 11 is 9.44. The monoisotopic (exact) mass is 324 g/mol. The van der Waals surface area contributed by atoms with E-state index >= 15 is 0 Å². The summed E-state index contributed by atoms with van der Waals surface area (Å²) in [5.74, 6) is 0.676. The van der Waals surface area contributed by atoms with Crippen molar-refractivity contribution in [2.24, 2.45) is 5.92 Å². The molecule has 1 aliphatic rings. The Morgan fingerprint density at radius 2 is 2.00 bits per heavy atom. The third-order valence-corrected chi connectivity index (χ3v) is 4.67. The van der Waals surface area contributed by atoms with Gasteiger partial charge in [0.2, 0.25) is 0 Å². The summed E-state index contributed by atoms with van der Waals surface area (Å²) in [6.45, 7) is 2.28. The minimum atomic E-state index is -0.0131. The van der Waals surface area contributed by atoms with Gasteiger partial charge in [-0.15, -0.1) is 0 Å². The minimum absolute atomic E-state index is 0.0131. The van der Waals surface area contributed by atoms with Crippen LogP contribution in [0.1, 0.15) is 31.0 Å². The van der Waals surface area contributed by atoms with Gasteiger partial charge in [0.15, 0.2) is 5.15 Å². The number of hydrogen-bond acceptors (Lipinski definition) is 1. The lowest BCUT2D eigenvalue weighted by molar-refractivity contribution is 0.479. The summed E-state index contributed by atoms with van der Waals surface area (Å²) in [4.78, 5) is 0. The molecule has 2 nitrogen and oxygen atoms in total. The molecule has 1 unspecified atom stereocenters. The van der Waals surface area contributed by atoms with E-state index in [0.717, 1.165) is 10.2 Å². The molecule has 0 saturated heterocycles. The van der Waals surface area contributed by atoms with Gasteiger partial charge in [0.1, 0.15) is 0 Å². The van der Waals surface area contributed by atoms with Crippen molar-refractivity contribution in [1.29, 1.82) is 0 Å². The van der Waals surface area contributed by atoms with E-state index in [-0.39, 0.29) is 5.41 Å². The van der Waals surface area contributed by atoms with Gasteiger partial charge in [-0.3, -0.25) is 5.10 Å². The van der Waals surface area contributed by atoms with Crippen LogP contribution in [0, 0.1) is 5.92 Å². The van der Waals surface area contributed by atoms with Crippen LogP contribution >= 0.6 is 27.5 Å². The van der Waals surface area contributed by atoms with E-state index in [1.54, 1.807) is 0 Å². The van der Waals surface area contributed by atoms with Crippen LogP contribution < -0.4 is 0 Å². The van der Waals surface area contributed by atoms with E-state index in [2.05, 4.69) is 57.3 Å². The standard InChI is InChI=1S/C14H14BrClN2/c1-14(9-2-3-9,12-8-13(16)18-17-12)10-4-6-11(15)7-5-10/h4-9H,2-3H2,1H3,(H,17,18). The summed E-state index contributed by atoms with van der Waals surface area (Å²) in [6, 6.07) is 10.5. The zero-order valence-corrected chi connectivity index (χ0v) is 12.4. The van der Waals surface area contributed by atoms with Crippen LogP contribution in [0.25, 0.3) is 0 Å². The Balaban J connectivity index is 2.08. The molecule has 0 amide bonds. The molecule has 1 aliphatic carbocycles. The van der Waals surface area contributed by atoms with Crippen molar-refractivity contribution < 1.29 is 0 Å². The highest BCUT2D eigenvalue weighted by molar-refractivity contribution is 9.10. The maximum absolute atomic E-state index is 5.95. The predicted molar refractivity (Wildman–Crippen MR) is 76.9 cm³/mol. The first-order chi connectivity index (χ1) is 8.60. The highest BCUT2D eigenvalue weighted by Crippen LogP contribution is 2.50. The summed E-state index contributed by atoms with van der Waals surface area (Å²) < 4.78 is 1.10. The molecule has 3 rings (SSSR count). The Kier molecular flexibility index (Phi) is 2.99. The molecule has 0 bridgehead atoms. The van der Waals surface area contributed by atoms with Crippen molar-refractivity contribution in [1.82, 2.24) is 10.2 Å². The quantitative estimate of drug-likeness (QED) is 0.881. The number of halogens is 2. The van der Waals surface area contributed by atoms with E-state index in [1.165, 1.54) is 18.4 Å². The maximum Gasteiger partial charge on any atom is 0.151 e. The number of benzene rings is 1. The zero-order valence-electron chi connectivity index (χ0n) is 10.1. The molecule has 1 saturated carbocycles. The van der Waals surface area contributed by atoms with Crippen LogP contribution in [-0.2, 0) is 5.41 Å². The van der Waals surface area contributed by atoms with Gasteiger partial charge in [-0.05, 0) is 49.4 Å². The Hall–Kier alpha value is -0.800. The number of aromatic amines is 1. The Morgan fingerprint density at radius 1 is 1.33 bits per heavy atom. The number of nitrogens with one attached hydrogen (secondary N) is 1. The largest absolute Gasteiger partial charge is 0.280 e. The molecule has 0 radical (unpaired) electrons. The van der Waals surface area contributed by atoms with Crippen LogP contribution in [0.2, 0.25) is 5.15 Å². The number of H-pyrrole nitrogens is 1. The molecular weight excluding hydrogens is 312 g/mol. The van der Waals surface area contributed by atoms with Crippen LogP contribution in [0.4, 0.5) is 0 Å². The average molecular weight is 326 g/mol. The van der Waals surface area contributed by atoms with Crippen molar-refractivity contribution in [2.45, 2.75) is 25.2 Å². The minimum Gasteiger partial charge on any atom is -0.280 e. The predicted octanol–water partition coefficient (Wildman–Crippen LogP) is 4.54. The first kappa shape index (κ1) is 12.2. The lowest BCUT2D eigenvalue weighted by Gasteiger charge is -2.29. The van der Waals surface area contributed by atoms with Crippen LogP contribution in [0.3, 0.4) is 0 Å². The number of aromatic nitrogens is 2. The molecule has 1 atom stereocenters. The molecule has 1 aromatic carbocycles. The number of hydrogen-bond donors (Lipinski definition) is 1. The molecule has 1 fully saturated rings. The smallest absolute Gasteiger partial charge is 0.151 e. The van der Waals surface area contributed by atoms with Gasteiger partial charge in [-0.2, -0.15) is 5.10 Å². The van der Waals surface area contributed by atoms with Crippen LogP contribution in [-0.4, -0.2) is 10.2 Å². The molecule has 94 valence electrons. The second-order valence-corrected chi connectivity index (χ2v) is 6.39. The Bertz CT molecular complexity index is 559. The van der Waals surface area contributed by atoms with Gasteiger partial charge in [-0.1, -0.05) is 39.7 Å². The van der Waals surface area contributed by atoms with Crippen LogP contribution in [0.15, 0.2) is 34.8 Å².